The Morgan fingerprint density at radius 3 is 2.31 bits per heavy atom. The van der Waals surface area contributed by atoms with E-state index in [2.05, 4.69) is 6.07 Å². The Morgan fingerprint density at radius 1 is 1.00 bits per heavy atom. The van der Waals surface area contributed by atoms with Gasteiger partial charge in [-0.3, -0.25) is 14.5 Å². The van der Waals surface area contributed by atoms with E-state index in [0.717, 1.165) is 5.56 Å². The van der Waals surface area contributed by atoms with Gasteiger partial charge in [0.1, 0.15) is 6.07 Å². The van der Waals surface area contributed by atoms with E-state index in [0.29, 0.717) is 59.0 Å². The van der Waals surface area contributed by atoms with Crippen molar-refractivity contribution in [2.45, 2.75) is 31.6 Å². The number of benzene rings is 2. The van der Waals surface area contributed by atoms with E-state index >= 15 is 0 Å². The van der Waals surface area contributed by atoms with Gasteiger partial charge in [0, 0.05) is 30.0 Å². The summed E-state index contributed by atoms with van der Waals surface area (Å²) in [5.74, 6) is 0.838. The van der Waals surface area contributed by atoms with Crippen molar-refractivity contribution in [3.8, 4) is 23.3 Å². The number of Topliss-reactive ketones (excluding diaryl/α,β-unsaturated/α-hetero) is 1. The van der Waals surface area contributed by atoms with Crippen LogP contribution in [0.15, 0.2) is 47.7 Å². The Hall–Kier alpha value is -3.79. The van der Waals surface area contributed by atoms with Gasteiger partial charge in [-0.2, -0.15) is 5.26 Å². The highest BCUT2D eigenvalue weighted by molar-refractivity contribution is 6.08. The molecule has 0 saturated heterocycles. The van der Waals surface area contributed by atoms with E-state index in [1.807, 2.05) is 0 Å². The third-order valence-electron chi connectivity index (χ3n) is 6.03. The number of rotatable bonds is 5. The lowest BCUT2D eigenvalue weighted by molar-refractivity contribution is -0.119. The number of nitriles is 1. The van der Waals surface area contributed by atoms with E-state index in [9.17, 15) is 14.9 Å². The third kappa shape index (κ3) is 3.48. The van der Waals surface area contributed by atoms with Crippen molar-refractivity contribution in [1.82, 2.24) is 0 Å². The van der Waals surface area contributed by atoms with E-state index in [-0.39, 0.29) is 18.1 Å². The molecular weight excluding hydrogens is 408 g/mol. The molecule has 1 atom stereocenters. The molecule has 0 radical (unpaired) electrons. The van der Waals surface area contributed by atoms with Crippen LogP contribution in [0.1, 0.15) is 42.7 Å². The van der Waals surface area contributed by atoms with Gasteiger partial charge in [0.25, 0.3) is 0 Å². The van der Waals surface area contributed by atoms with Crippen LogP contribution in [0.25, 0.3) is 0 Å². The van der Waals surface area contributed by atoms with Crippen LogP contribution in [0.3, 0.4) is 0 Å². The minimum Gasteiger partial charge on any atom is -0.493 e. The highest BCUT2D eigenvalue weighted by atomic mass is 16.5. The molecule has 0 spiro atoms. The van der Waals surface area contributed by atoms with E-state index in [4.69, 9.17) is 14.2 Å². The normalized spacial score (nSPS) is 18.2. The number of anilines is 1. The topological polar surface area (TPSA) is 88.9 Å². The minimum atomic E-state index is -0.426. The lowest BCUT2D eigenvalue weighted by atomic mass is 9.77. The van der Waals surface area contributed by atoms with Crippen LogP contribution in [0.4, 0.5) is 5.69 Å². The molecule has 0 N–H and O–H groups in total. The van der Waals surface area contributed by atoms with Crippen LogP contribution in [-0.4, -0.2) is 33.0 Å². The van der Waals surface area contributed by atoms with Crippen LogP contribution in [0, 0.1) is 11.3 Å². The molecule has 2 aromatic rings. The predicted molar refractivity (Wildman–Crippen MR) is 118 cm³/mol. The monoisotopic (exact) mass is 432 g/mol. The Kier molecular flexibility index (Phi) is 5.87. The molecular formula is C25H24N2O5. The number of nitrogens with zero attached hydrogens (tertiary/aromatic N) is 2. The number of carbonyl (C=O) groups is 2. The van der Waals surface area contributed by atoms with Crippen molar-refractivity contribution >= 4 is 17.4 Å². The van der Waals surface area contributed by atoms with Crippen molar-refractivity contribution in [2.75, 3.05) is 26.2 Å². The molecule has 0 saturated carbocycles. The number of amides is 1. The van der Waals surface area contributed by atoms with Crippen molar-refractivity contribution in [3.05, 3.63) is 58.8 Å². The molecule has 1 amide bonds. The summed E-state index contributed by atoms with van der Waals surface area (Å²) in [5.41, 5.74) is 2.98. The molecule has 1 aliphatic heterocycles. The molecule has 0 bridgehead atoms. The molecule has 1 aliphatic carbocycles. The van der Waals surface area contributed by atoms with Gasteiger partial charge in [0.05, 0.1) is 32.6 Å². The lowest BCUT2D eigenvalue weighted by Gasteiger charge is -2.38. The second kappa shape index (κ2) is 8.75. The molecule has 0 fully saturated rings. The molecule has 7 heteroatoms. The fourth-order valence-corrected chi connectivity index (χ4v) is 4.62. The van der Waals surface area contributed by atoms with Gasteiger partial charge in [0.2, 0.25) is 11.7 Å². The summed E-state index contributed by atoms with van der Waals surface area (Å²) in [6, 6.07) is 12.7. The van der Waals surface area contributed by atoms with E-state index in [1.165, 1.54) is 21.3 Å². The molecule has 4 rings (SSSR count). The first-order valence-corrected chi connectivity index (χ1v) is 10.4. The van der Waals surface area contributed by atoms with Gasteiger partial charge in [0.15, 0.2) is 17.3 Å². The van der Waals surface area contributed by atoms with Crippen LogP contribution >= 0.6 is 0 Å². The molecule has 7 nitrogen and oxygen atoms in total. The highest BCUT2D eigenvalue weighted by Gasteiger charge is 2.40. The van der Waals surface area contributed by atoms with Gasteiger partial charge < -0.3 is 14.2 Å². The van der Waals surface area contributed by atoms with E-state index in [1.54, 1.807) is 41.3 Å². The number of carbonyl (C=O) groups excluding carboxylic acids is 2. The Balaban J connectivity index is 1.91. The van der Waals surface area contributed by atoms with Crippen molar-refractivity contribution in [2.24, 2.45) is 0 Å². The van der Waals surface area contributed by atoms with Gasteiger partial charge in [-0.05, 0) is 42.7 Å². The highest BCUT2D eigenvalue weighted by Crippen LogP contribution is 2.47. The maximum Gasteiger partial charge on any atom is 0.232 e. The quantitative estimate of drug-likeness (QED) is 0.706. The number of hydrogen-bond acceptors (Lipinski definition) is 6. The molecule has 32 heavy (non-hydrogen) atoms. The standard InChI is InChI=1S/C25H24N2O5/c1-30-21-11-16(12-22(31-2)25(21)32-3)17-13-23(29)27(18-8-5-4-7-15(18)14-26)19-9-6-10-20(28)24(17)19/h4-5,7-8,11-12,17H,6,9-10,13H2,1-3H3. The zero-order chi connectivity index (χ0) is 22.8. The summed E-state index contributed by atoms with van der Waals surface area (Å²) in [7, 11) is 4.59. The summed E-state index contributed by atoms with van der Waals surface area (Å²) in [6.45, 7) is 0. The summed E-state index contributed by atoms with van der Waals surface area (Å²) in [4.78, 5) is 28.1. The number of para-hydroxylation sites is 1. The lowest BCUT2D eigenvalue weighted by Crippen LogP contribution is -2.41. The van der Waals surface area contributed by atoms with Crippen LogP contribution in [0.2, 0.25) is 0 Å². The van der Waals surface area contributed by atoms with Crippen molar-refractivity contribution in [1.29, 1.82) is 5.26 Å². The first-order chi connectivity index (χ1) is 15.5. The van der Waals surface area contributed by atoms with E-state index < -0.39 is 5.92 Å². The molecule has 1 unspecified atom stereocenters. The minimum absolute atomic E-state index is 0.0249. The van der Waals surface area contributed by atoms with Gasteiger partial charge >= 0.3 is 0 Å². The second-order valence-electron chi connectivity index (χ2n) is 7.71. The first kappa shape index (κ1) is 21.4. The summed E-state index contributed by atoms with van der Waals surface area (Å²) < 4.78 is 16.4. The summed E-state index contributed by atoms with van der Waals surface area (Å²) in [6.07, 6.45) is 1.79. The fourth-order valence-electron chi connectivity index (χ4n) is 4.62. The molecule has 1 heterocycles. The van der Waals surface area contributed by atoms with Crippen LogP contribution in [-0.2, 0) is 9.59 Å². The SMILES string of the molecule is COc1cc(C2CC(=O)N(c3ccccc3C#N)C3=C2C(=O)CCC3)cc(OC)c1OC. The number of ether oxygens (including phenoxy) is 3. The third-order valence-corrected chi connectivity index (χ3v) is 6.03. The molecule has 2 aromatic carbocycles. The number of hydrogen-bond donors (Lipinski definition) is 0. The summed E-state index contributed by atoms with van der Waals surface area (Å²) >= 11 is 0. The smallest absolute Gasteiger partial charge is 0.232 e. The molecule has 164 valence electrons. The number of allylic oxidation sites excluding steroid dienone is 2. The average Bonchev–Trinajstić information content (AvgIpc) is 2.82. The Bertz CT molecular complexity index is 1140. The predicted octanol–water partition coefficient (Wildman–Crippen LogP) is 4.11. The van der Waals surface area contributed by atoms with Crippen LogP contribution in [0.5, 0.6) is 17.2 Å². The van der Waals surface area contributed by atoms with Crippen LogP contribution < -0.4 is 19.1 Å². The van der Waals surface area contributed by atoms with Gasteiger partial charge in [-0.15, -0.1) is 0 Å². The average molecular weight is 432 g/mol. The summed E-state index contributed by atoms with van der Waals surface area (Å²) in [5, 5.41) is 9.57. The largest absolute Gasteiger partial charge is 0.493 e. The number of methoxy groups -OCH3 is 3. The van der Waals surface area contributed by atoms with Gasteiger partial charge in [-0.25, -0.2) is 0 Å². The Morgan fingerprint density at radius 2 is 1.69 bits per heavy atom. The fraction of sp³-hybridized carbons (Fsp3) is 0.320. The molecule has 2 aliphatic rings. The first-order valence-electron chi connectivity index (χ1n) is 10.4. The second-order valence-corrected chi connectivity index (χ2v) is 7.71. The Labute approximate surface area is 186 Å². The number of ketones is 1. The van der Waals surface area contributed by atoms with Crippen molar-refractivity contribution in [3.63, 3.8) is 0 Å². The van der Waals surface area contributed by atoms with Gasteiger partial charge in [-0.1, -0.05) is 12.1 Å². The van der Waals surface area contributed by atoms with Crippen molar-refractivity contribution < 1.29 is 23.8 Å². The zero-order valence-corrected chi connectivity index (χ0v) is 18.3. The maximum absolute atomic E-state index is 13.4. The maximum atomic E-state index is 13.4. The molecule has 0 aromatic heterocycles. The zero-order valence-electron chi connectivity index (χ0n) is 18.3.